The van der Waals surface area contributed by atoms with Gasteiger partial charge in [0.2, 0.25) is 10.0 Å². The van der Waals surface area contributed by atoms with E-state index in [1.165, 1.54) is 0 Å². The van der Waals surface area contributed by atoms with Gasteiger partial charge in [0.1, 0.15) is 0 Å². The molecule has 1 aliphatic rings. The van der Waals surface area contributed by atoms with E-state index in [1.807, 2.05) is 0 Å². The molecule has 1 saturated heterocycles. The van der Waals surface area contributed by atoms with E-state index >= 15 is 0 Å². The fourth-order valence-corrected chi connectivity index (χ4v) is 3.84. The number of halogens is 4. The summed E-state index contributed by atoms with van der Waals surface area (Å²) in [7, 11) is -3.76. The highest BCUT2D eigenvalue weighted by atomic mass is 35.5. The van der Waals surface area contributed by atoms with E-state index in [2.05, 4.69) is 10.0 Å². The Morgan fingerprint density at radius 2 is 1.86 bits per heavy atom. The minimum Gasteiger partial charge on any atom is -0.317 e. The van der Waals surface area contributed by atoms with Crippen molar-refractivity contribution in [2.45, 2.75) is 24.3 Å². The molecule has 0 amide bonds. The molecule has 2 N–H and O–H groups in total. The van der Waals surface area contributed by atoms with E-state index in [1.54, 1.807) is 0 Å². The molecule has 21 heavy (non-hydrogen) atoms. The molecule has 0 unspecified atom stereocenters. The van der Waals surface area contributed by atoms with Gasteiger partial charge < -0.3 is 5.32 Å². The van der Waals surface area contributed by atoms with E-state index in [-0.39, 0.29) is 10.7 Å². The van der Waals surface area contributed by atoms with Gasteiger partial charge in [-0.3, -0.25) is 4.72 Å². The predicted molar refractivity (Wildman–Crippen MR) is 74.9 cm³/mol. The molecule has 0 aromatic heterocycles. The Bertz CT molecular complexity index is 613. The summed E-state index contributed by atoms with van der Waals surface area (Å²) < 4.78 is 64.5. The summed E-state index contributed by atoms with van der Waals surface area (Å²) in [5.41, 5.74) is -1.19. The van der Waals surface area contributed by atoms with Gasteiger partial charge in [-0.05, 0) is 44.1 Å². The van der Waals surface area contributed by atoms with Gasteiger partial charge in [0, 0.05) is 0 Å². The third kappa shape index (κ3) is 4.02. The number of anilines is 1. The summed E-state index contributed by atoms with van der Waals surface area (Å²) in [6, 6.07) is 2.55. The summed E-state index contributed by atoms with van der Waals surface area (Å²) in [6.07, 6.45) is -3.74. The van der Waals surface area contributed by atoms with Crippen LogP contribution in [0.5, 0.6) is 0 Å². The van der Waals surface area contributed by atoms with E-state index in [9.17, 15) is 21.6 Å². The van der Waals surface area contributed by atoms with Gasteiger partial charge in [0.15, 0.2) is 0 Å². The average molecular weight is 343 g/mol. The Kier molecular flexibility index (Phi) is 4.69. The van der Waals surface area contributed by atoms with Crippen LogP contribution in [0.15, 0.2) is 18.2 Å². The smallest absolute Gasteiger partial charge is 0.317 e. The molecule has 0 radical (unpaired) electrons. The van der Waals surface area contributed by atoms with E-state index in [0.29, 0.717) is 32.0 Å². The van der Waals surface area contributed by atoms with Gasteiger partial charge in [-0.2, -0.15) is 13.2 Å². The zero-order valence-corrected chi connectivity index (χ0v) is 12.4. The minimum absolute atomic E-state index is 0.0690. The molecular formula is C12H14ClF3N2O2S. The SMILES string of the molecule is O=S(=O)(Nc1cc(C(F)(F)F)ccc1Cl)C1CCNCC1. The highest BCUT2D eigenvalue weighted by Gasteiger charge is 2.32. The summed E-state index contributed by atoms with van der Waals surface area (Å²) in [5.74, 6) is 0. The monoisotopic (exact) mass is 342 g/mol. The molecule has 1 aliphatic heterocycles. The fourth-order valence-electron chi connectivity index (χ4n) is 2.12. The number of sulfonamides is 1. The number of nitrogens with one attached hydrogen (secondary N) is 2. The standard InChI is InChI=1S/C12H14ClF3N2O2S/c13-10-2-1-8(12(14,15)16)7-11(10)18-21(19,20)9-3-5-17-6-4-9/h1-2,7,9,17-18H,3-6H2. The van der Waals surface area contributed by atoms with Crippen molar-refractivity contribution in [2.24, 2.45) is 0 Å². The lowest BCUT2D eigenvalue weighted by molar-refractivity contribution is -0.137. The first-order valence-corrected chi connectivity index (χ1v) is 8.22. The number of benzene rings is 1. The van der Waals surface area contributed by atoms with Crippen molar-refractivity contribution in [3.05, 3.63) is 28.8 Å². The highest BCUT2D eigenvalue weighted by molar-refractivity contribution is 7.93. The molecule has 118 valence electrons. The van der Waals surface area contributed by atoms with Crippen molar-refractivity contribution in [3.8, 4) is 0 Å². The Labute approximate surface area is 125 Å². The first kappa shape index (κ1) is 16.4. The number of hydrogen-bond donors (Lipinski definition) is 2. The number of piperidine rings is 1. The van der Waals surface area contributed by atoms with Crippen LogP contribution < -0.4 is 10.0 Å². The Balaban J connectivity index is 2.26. The van der Waals surface area contributed by atoms with E-state index < -0.39 is 27.0 Å². The first-order valence-electron chi connectivity index (χ1n) is 6.29. The lowest BCUT2D eigenvalue weighted by atomic mass is 10.2. The number of hydrogen-bond acceptors (Lipinski definition) is 3. The molecule has 1 aromatic carbocycles. The number of alkyl halides is 3. The molecule has 1 aromatic rings. The second-order valence-electron chi connectivity index (χ2n) is 4.79. The summed E-state index contributed by atoms with van der Waals surface area (Å²) in [5, 5.41) is 2.32. The van der Waals surface area contributed by atoms with Crippen LogP contribution in [0.1, 0.15) is 18.4 Å². The average Bonchev–Trinajstić information content (AvgIpc) is 2.41. The summed E-state index contributed by atoms with van der Waals surface area (Å²) >= 11 is 5.78. The largest absolute Gasteiger partial charge is 0.416 e. The van der Waals surface area contributed by atoms with Crippen LogP contribution in [-0.4, -0.2) is 26.8 Å². The Morgan fingerprint density at radius 3 is 2.43 bits per heavy atom. The molecule has 4 nitrogen and oxygen atoms in total. The second-order valence-corrected chi connectivity index (χ2v) is 7.16. The maximum atomic E-state index is 12.7. The van der Waals surface area contributed by atoms with Gasteiger partial charge in [0.05, 0.1) is 21.5 Å². The van der Waals surface area contributed by atoms with Crippen LogP contribution in [0, 0.1) is 0 Å². The maximum Gasteiger partial charge on any atom is 0.416 e. The zero-order chi connectivity index (χ0) is 15.7. The lowest BCUT2D eigenvalue weighted by Crippen LogP contribution is -2.38. The van der Waals surface area contributed by atoms with Gasteiger partial charge in [-0.1, -0.05) is 11.6 Å². The second kappa shape index (κ2) is 6.02. The van der Waals surface area contributed by atoms with Crippen LogP contribution in [0.3, 0.4) is 0 Å². The topological polar surface area (TPSA) is 58.2 Å². The van der Waals surface area contributed by atoms with Crippen molar-refractivity contribution in [2.75, 3.05) is 17.8 Å². The fraction of sp³-hybridized carbons (Fsp3) is 0.500. The molecule has 1 fully saturated rings. The molecule has 0 spiro atoms. The third-order valence-corrected chi connectivity index (χ3v) is 5.45. The van der Waals surface area contributed by atoms with Crippen LogP contribution in [0.25, 0.3) is 0 Å². The molecule has 2 rings (SSSR count). The van der Waals surface area contributed by atoms with Gasteiger partial charge >= 0.3 is 6.18 Å². The van der Waals surface area contributed by atoms with Crippen molar-refractivity contribution in [1.29, 1.82) is 0 Å². The van der Waals surface area contributed by atoms with Crippen molar-refractivity contribution < 1.29 is 21.6 Å². The van der Waals surface area contributed by atoms with Gasteiger partial charge in [-0.15, -0.1) is 0 Å². The first-order chi connectivity index (χ1) is 9.70. The van der Waals surface area contributed by atoms with Crippen LogP contribution in [-0.2, 0) is 16.2 Å². The molecule has 0 atom stereocenters. The zero-order valence-electron chi connectivity index (χ0n) is 10.9. The minimum atomic E-state index is -4.56. The molecule has 9 heteroatoms. The van der Waals surface area contributed by atoms with Gasteiger partial charge in [-0.25, -0.2) is 8.42 Å². The molecular weight excluding hydrogens is 329 g/mol. The molecule has 0 saturated carbocycles. The van der Waals surface area contributed by atoms with Crippen LogP contribution >= 0.6 is 11.6 Å². The Hall–Kier alpha value is -0.990. The van der Waals surface area contributed by atoms with Crippen molar-refractivity contribution in [3.63, 3.8) is 0 Å². The lowest BCUT2D eigenvalue weighted by Gasteiger charge is -2.23. The van der Waals surface area contributed by atoms with Crippen LogP contribution in [0.2, 0.25) is 5.02 Å². The summed E-state index contributed by atoms with van der Waals surface area (Å²) in [6.45, 7) is 1.11. The quantitative estimate of drug-likeness (QED) is 0.888. The van der Waals surface area contributed by atoms with Crippen molar-refractivity contribution >= 4 is 27.3 Å². The molecule has 1 heterocycles. The van der Waals surface area contributed by atoms with Crippen molar-refractivity contribution in [1.82, 2.24) is 5.32 Å². The maximum absolute atomic E-state index is 12.7. The normalized spacial score (nSPS) is 17.7. The van der Waals surface area contributed by atoms with Gasteiger partial charge in [0.25, 0.3) is 0 Å². The number of rotatable bonds is 3. The highest BCUT2D eigenvalue weighted by Crippen LogP contribution is 2.34. The Morgan fingerprint density at radius 1 is 1.24 bits per heavy atom. The molecule has 0 bridgehead atoms. The van der Waals surface area contributed by atoms with Crippen LogP contribution in [0.4, 0.5) is 18.9 Å². The third-order valence-electron chi connectivity index (χ3n) is 3.27. The molecule has 0 aliphatic carbocycles. The predicted octanol–water partition coefficient (Wildman–Crippen LogP) is 2.85. The van der Waals surface area contributed by atoms with E-state index in [4.69, 9.17) is 11.6 Å². The summed E-state index contributed by atoms with van der Waals surface area (Å²) in [4.78, 5) is 0. The van der Waals surface area contributed by atoms with E-state index in [0.717, 1.165) is 12.1 Å².